The van der Waals surface area contributed by atoms with E-state index in [0.717, 1.165) is 5.56 Å². The zero-order valence-corrected chi connectivity index (χ0v) is 19.0. The Kier molecular flexibility index (Phi) is 11.7. The molecule has 5 atom stereocenters. The van der Waals surface area contributed by atoms with Crippen LogP contribution in [0.25, 0.3) is 0 Å². The summed E-state index contributed by atoms with van der Waals surface area (Å²) in [5, 5.41) is 25.3. The van der Waals surface area contributed by atoms with Gasteiger partial charge in [0.05, 0.1) is 12.6 Å². The molecule has 10 nitrogen and oxygen atoms in total. The molecular weight excluding hydrogens is 436 g/mol. The fourth-order valence-electron chi connectivity index (χ4n) is 2.84. The minimum atomic E-state index is -1.51. The Morgan fingerprint density at radius 1 is 1.00 bits per heavy atom. The largest absolute Gasteiger partial charge is 0.480 e. The molecule has 0 aliphatic rings. The van der Waals surface area contributed by atoms with E-state index in [-0.39, 0.29) is 11.7 Å². The Bertz CT molecular complexity index is 779. The van der Waals surface area contributed by atoms with Crippen LogP contribution < -0.4 is 21.7 Å². The topological polar surface area (TPSA) is 171 Å². The van der Waals surface area contributed by atoms with Gasteiger partial charge in [-0.15, -0.1) is 0 Å². The molecule has 0 heterocycles. The van der Waals surface area contributed by atoms with Gasteiger partial charge in [0, 0.05) is 5.75 Å². The number of benzene rings is 1. The second kappa shape index (κ2) is 13.7. The molecule has 11 heteroatoms. The number of aliphatic hydroxyl groups excluding tert-OH is 1. The third-order valence-electron chi connectivity index (χ3n) is 5.04. The van der Waals surface area contributed by atoms with Gasteiger partial charge in [-0.05, 0) is 17.9 Å². The number of rotatable bonds is 13. The number of hydrogen-bond acceptors (Lipinski definition) is 7. The van der Waals surface area contributed by atoms with Gasteiger partial charge in [-0.25, -0.2) is 4.79 Å². The summed E-state index contributed by atoms with van der Waals surface area (Å²) in [6.07, 6.45) is 0.858. The van der Waals surface area contributed by atoms with Crippen molar-refractivity contribution in [3.05, 3.63) is 35.9 Å². The van der Waals surface area contributed by atoms with Crippen molar-refractivity contribution in [2.75, 3.05) is 12.4 Å². The maximum Gasteiger partial charge on any atom is 0.328 e. The maximum atomic E-state index is 12.9. The van der Waals surface area contributed by atoms with Gasteiger partial charge in [0.2, 0.25) is 17.7 Å². The van der Waals surface area contributed by atoms with Gasteiger partial charge in [-0.3, -0.25) is 14.4 Å². The average Bonchev–Trinajstić information content (AvgIpc) is 2.78. The summed E-state index contributed by atoms with van der Waals surface area (Å²) in [4.78, 5) is 48.8. The number of aliphatic hydroxyl groups is 1. The van der Waals surface area contributed by atoms with E-state index in [1.54, 1.807) is 6.92 Å². The normalized spacial score (nSPS) is 15.5. The molecule has 0 saturated heterocycles. The molecule has 0 fully saturated rings. The molecule has 0 aromatic heterocycles. The number of nitrogens with two attached hydrogens (primary N) is 1. The molecule has 178 valence electrons. The van der Waals surface area contributed by atoms with E-state index in [1.807, 2.05) is 37.3 Å². The Morgan fingerprint density at radius 2 is 1.59 bits per heavy atom. The minimum Gasteiger partial charge on any atom is -0.480 e. The van der Waals surface area contributed by atoms with E-state index in [4.69, 9.17) is 15.9 Å². The standard InChI is InChI=1S/C21H32N4O6S/c1-3-12(2)17(25-18(27)14(22)9-13-7-5-4-6-8-13)20(29)24-16(11-32)19(28)23-15(10-26)21(30)31/h4-8,12,14-17,26,32H,3,9-11,22H2,1-2H3,(H,23,28)(H,24,29)(H,25,27)(H,30,31). The third kappa shape index (κ3) is 8.48. The summed E-state index contributed by atoms with van der Waals surface area (Å²) in [5.41, 5.74) is 6.89. The van der Waals surface area contributed by atoms with E-state index in [0.29, 0.717) is 12.8 Å². The molecule has 32 heavy (non-hydrogen) atoms. The Hall–Kier alpha value is -2.63. The first-order chi connectivity index (χ1) is 15.1. The van der Waals surface area contributed by atoms with Crippen molar-refractivity contribution in [3.63, 3.8) is 0 Å². The van der Waals surface area contributed by atoms with Gasteiger partial charge in [0.1, 0.15) is 18.1 Å². The fourth-order valence-corrected chi connectivity index (χ4v) is 3.09. The van der Waals surface area contributed by atoms with E-state index < -0.39 is 54.5 Å². The van der Waals surface area contributed by atoms with Crippen molar-refractivity contribution in [2.24, 2.45) is 11.7 Å². The summed E-state index contributed by atoms with van der Waals surface area (Å²) in [7, 11) is 0. The van der Waals surface area contributed by atoms with Crippen LogP contribution in [0.1, 0.15) is 25.8 Å². The number of hydrogen-bond donors (Lipinski definition) is 7. The van der Waals surface area contributed by atoms with Crippen molar-refractivity contribution in [1.82, 2.24) is 16.0 Å². The van der Waals surface area contributed by atoms with Crippen molar-refractivity contribution >= 4 is 36.3 Å². The lowest BCUT2D eigenvalue weighted by atomic mass is 9.97. The van der Waals surface area contributed by atoms with Crippen LogP contribution in [-0.2, 0) is 25.6 Å². The fraction of sp³-hybridized carbons (Fsp3) is 0.524. The van der Waals surface area contributed by atoms with Crippen molar-refractivity contribution in [2.45, 2.75) is 50.9 Å². The van der Waals surface area contributed by atoms with Crippen LogP contribution in [0.4, 0.5) is 0 Å². The second-order valence-electron chi connectivity index (χ2n) is 7.49. The monoisotopic (exact) mass is 468 g/mol. The molecule has 0 aliphatic carbocycles. The smallest absolute Gasteiger partial charge is 0.328 e. The number of aliphatic carboxylic acids is 1. The highest BCUT2D eigenvalue weighted by Gasteiger charge is 2.31. The van der Waals surface area contributed by atoms with Gasteiger partial charge in [-0.2, -0.15) is 12.6 Å². The Morgan fingerprint density at radius 3 is 2.09 bits per heavy atom. The first kappa shape index (κ1) is 27.4. The molecule has 1 aromatic carbocycles. The van der Waals surface area contributed by atoms with Crippen LogP contribution in [-0.4, -0.2) is 70.4 Å². The van der Waals surface area contributed by atoms with Crippen LogP contribution in [0.3, 0.4) is 0 Å². The average molecular weight is 469 g/mol. The SMILES string of the molecule is CCC(C)C(NC(=O)C(N)Cc1ccccc1)C(=O)NC(CS)C(=O)NC(CO)C(=O)O. The number of carbonyl (C=O) groups excluding carboxylic acids is 3. The summed E-state index contributed by atoms with van der Waals surface area (Å²) in [6, 6.07) is 4.71. The molecule has 0 bridgehead atoms. The second-order valence-corrected chi connectivity index (χ2v) is 7.86. The molecule has 5 unspecified atom stereocenters. The lowest BCUT2D eigenvalue weighted by Gasteiger charge is -2.27. The first-order valence-electron chi connectivity index (χ1n) is 10.3. The van der Waals surface area contributed by atoms with Gasteiger partial charge in [0.15, 0.2) is 0 Å². The van der Waals surface area contributed by atoms with E-state index >= 15 is 0 Å². The Labute approximate surface area is 192 Å². The molecule has 0 saturated carbocycles. The maximum absolute atomic E-state index is 12.9. The Balaban J connectivity index is 2.84. The highest BCUT2D eigenvalue weighted by molar-refractivity contribution is 7.80. The van der Waals surface area contributed by atoms with Gasteiger partial charge < -0.3 is 31.9 Å². The number of carboxylic acids is 1. The highest BCUT2D eigenvalue weighted by atomic mass is 32.1. The van der Waals surface area contributed by atoms with Crippen molar-refractivity contribution < 1.29 is 29.4 Å². The summed E-state index contributed by atoms with van der Waals surface area (Å²) >= 11 is 4.04. The third-order valence-corrected chi connectivity index (χ3v) is 5.41. The minimum absolute atomic E-state index is 0.121. The van der Waals surface area contributed by atoms with Crippen LogP contribution >= 0.6 is 12.6 Å². The molecule has 1 aromatic rings. The van der Waals surface area contributed by atoms with E-state index in [1.165, 1.54) is 0 Å². The molecule has 1 rings (SSSR count). The first-order valence-corrected chi connectivity index (χ1v) is 10.9. The van der Waals surface area contributed by atoms with Crippen LogP contribution in [0.5, 0.6) is 0 Å². The quantitative estimate of drug-likeness (QED) is 0.183. The zero-order chi connectivity index (χ0) is 24.3. The predicted molar refractivity (Wildman–Crippen MR) is 122 cm³/mol. The molecule has 7 N–H and O–H groups in total. The van der Waals surface area contributed by atoms with E-state index in [2.05, 4.69) is 28.6 Å². The molecule has 0 aliphatic heterocycles. The van der Waals surface area contributed by atoms with Crippen LogP contribution in [0.2, 0.25) is 0 Å². The lowest BCUT2D eigenvalue weighted by molar-refractivity contribution is -0.143. The van der Waals surface area contributed by atoms with Gasteiger partial charge in [-0.1, -0.05) is 50.6 Å². The van der Waals surface area contributed by atoms with Crippen LogP contribution in [0, 0.1) is 5.92 Å². The summed E-state index contributed by atoms with van der Waals surface area (Å²) in [5.74, 6) is -3.75. The molecular formula is C21H32N4O6S. The summed E-state index contributed by atoms with van der Waals surface area (Å²) < 4.78 is 0. The molecule has 0 spiro atoms. The molecule has 3 amide bonds. The van der Waals surface area contributed by atoms with Crippen molar-refractivity contribution in [3.8, 4) is 0 Å². The van der Waals surface area contributed by atoms with Gasteiger partial charge in [0.25, 0.3) is 0 Å². The summed E-state index contributed by atoms with van der Waals surface area (Å²) in [6.45, 7) is 2.82. The number of carbonyl (C=O) groups is 4. The molecule has 0 radical (unpaired) electrons. The number of amides is 3. The highest BCUT2D eigenvalue weighted by Crippen LogP contribution is 2.10. The van der Waals surface area contributed by atoms with Crippen molar-refractivity contribution in [1.29, 1.82) is 0 Å². The predicted octanol–water partition coefficient (Wildman–Crippen LogP) is -0.936. The van der Waals surface area contributed by atoms with Gasteiger partial charge >= 0.3 is 5.97 Å². The lowest BCUT2D eigenvalue weighted by Crippen LogP contribution is -2.59. The number of carboxylic acid groups (broad SMARTS) is 1. The number of nitrogens with one attached hydrogen (secondary N) is 3. The van der Waals surface area contributed by atoms with Crippen LogP contribution in [0.15, 0.2) is 30.3 Å². The number of thiol groups is 1. The van der Waals surface area contributed by atoms with E-state index in [9.17, 15) is 19.2 Å². The zero-order valence-electron chi connectivity index (χ0n) is 18.2.